The van der Waals surface area contributed by atoms with Gasteiger partial charge in [-0.3, -0.25) is 19.8 Å². The average molecular weight is 360 g/mol. The van der Waals surface area contributed by atoms with E-state index in [-0.39, 0.29) is 12.2 Å². The van der Waals surface area contributed by atoms with E-state index < -0.39 is 22.4 Å². The molecule has 1 unspecified atom stereocenters. The monoisotopic (exact) mass is 359 g/mol. The molecule has 2 aromatic rings. The Morgan fingerprint density at radius 1 is 1.16 bits per heavy atom. The number of carbonyl (C=O) groups is 2. The molecule has 1 N–H and O–H groups in total. The Kier molecular flexibility index (Phi) is 4.18. The van der Waals surface area contributed by atoms with Crippen molar-refractivity contribution in [1.29, 1.82) is 0 Å². The molecule has 3 rings (SSSR count). The number of non-ortho nitro benzene ring substituents is 1. The van der Waals surface area contributed by atoms with Gasteiger partial charge in [-0.2, -0.15) is 0 Å². The van der Waals surface area contributed by atoms with Crippen LogP contribution >= 0.6 is 11.6 Å². The first-order valence-corrected chi connectivity index (χ1v) is 7.83. The average Bonchev–Trinajstić information content (AvgIpc) is 2.80. The Morgan fingerprint density at radius 3 is 2.40 bits per heavy atom. The highest BCUT2D eigenvalue weighted by atomic mass is 35.5. The fourth-order valence-electron chi connectivity index (χ4n) is 2.80. The van der Waals surface area contributed by atoms with Crippen LogP contribution in [0.1, 0.15) is 18.1 Å². The molecule has 1 fully saturated rings. The number of nitrogens with zero attached hydrogens (tertiary/aromatic N) is 2. The van der Waals surface area contributed by atoms with Crippen LogP contribution in [0.2, 0.25) is 5.02 Å². The molecule has 8 heteroatoms. The normalized spacial score (nSPS) is 19.8. The van der Waals surface area contributed by atoms with Gasteiger partial charge in [0.1, 0.15) is 5.54 Å². The molecule has 0 radical (unpaired) electrons. The largest absolute Gasteiger partial charge is 0.325 e. The predicted molar refractivity (Wildman–Crippen MR) is 91.0 cm³/mol. The number of urea groups is 1. The maximum atomic E-state index is 12.8. The highest BCUT2D eigenvalue weighted by molar-refractivity contribution is 6.32. The van der Waals surface area contributed by atoms with Gasteiger partial charge >= 0.3 is 6.03 Å². The first-order chi connectivity index (χ1) is 11.8. The second-order valence-electron chi connectivity index (χ2n) is 5.85. The van der Waals surface area contributed by atoms with Crippen LogP contribution in [0.3, 0.4) is 0 Å². The number of hydrogen-bond acceptors (Lipinski definition) is 4. The van der Waals surface area contributed by atoms with Crippen molar-refractivity contribution in [2.75, 3.05) is 0 Å². The number of carbonyl (C=O) groups excluding carboxylic acids is 2. The summed E-state index contributed by atoms with van der Waals surface area (Å²) in [7, 11) is 0. The SMILES string of the molecule is CC1(c2ccccc2Cl)NC(=O)N(Cc2ccc([N+](=O)[O-])cc2)C1=O. The Balaban J connectivity index is 1.87. The Morgan fingerprint density at radius 2 is 1.80 bits per heavy atom. The second kappa shape index (κ2) is 6.18. The molecular formula is C17H14ClN3O4. The van der Waals surface area contributed by atoms with Crippen LogP contribution < -0.4 is 5.32 Å². The van der Waals surface area contributed by atoms with Crippen LogP contribution in [0.25, 0.3) is 0 Å². The minimum Gasteiger partial charge on any atom is -0.319 e. The lowest BCUT2D eigenvalue weighted by atomic mass is 9.92. The van der Waals surface area contributed by atoms with Crippen molar-refractivity contribution in [3.8, 4) is 0 Å². The molecule has 7 nitrogen and oxygen atoms in total. The van der Waals surface area contributed by atoms with Crippen molar-refractivity contribution in [2.24, 2.45) is 0 Å². The zero-order valence-corrected chi connectivity index (χ0v) is 14.0. The highest BCUT2D eigenvalue weighted by Crippen LogP contribution is 2.34. The molecule has 0 bridgehead atoms. The van der Waals surface area contributed by atoms with E-state index >= 15 is 0 Å². The van der Waals surface area contributed by atoms with Crippen molar-refractivity contribution in [2.45, 2.75) is 19.0 Å². The van der Waals surface area contributed by atoms with Crippen molar-refractivity contribution in [1.82, 2.24) is 10.2 Å². The molecule has 3 amide bonds. The summed E-state index contributed by atoms with van der Waals surface area (Å²) < 4.78 is 0. The highest BCUT2D eigenvalue weighted by Gasteiger charge is 2.49. The van der Waals surface area contributed by atoms with Gasteiger partial charge in [0.25, 0.3) is 11.6 Å². The quantitative estimate of drug-likeness (QED) is 0.515. The molecular weight excluding hydrogens is 346 g/mol. The van der Waals surface area contributed by atoms with Crippen LogP contribution in [0, 0.1) is 10.1 Å². The number of nitrogens with one attached hydrogen (secondary N) is 1. The summed E-state index contributed by atoms with van der Waals surface area (Å²) in [5, 5.41) is 13.8. The molecule has 2 aromatic carbocycles. The third-order valence-corrected chi connectivity index (χ3v) is 4.50. The fourth-order valence-corrected chi connectivity index (χ4v) is 3.12. The number of halogens is 1. The van der Waals surface area contributed by atoms with Gasteiger partial charge in [-0.1, -0.05) is 41.9 Å². The Bertz CT molecular complexity index is 868. The van der Waals surface area contributed by atoms with Crippen LogP contribution in [0.4, 0.5) is 10.5 Å². The zero-order chi connectivity index (χ0) is 18.2. The predicted octanol–water partition coefficient (Wildman–Crippen LogP) is 3.22. The lowest BCUT2D eigenvalue weighted by Crippen LogP contribution is -2.41. The van der Waals surface area contributed by atoms with Crippen molar-refractivity contribution >= 4 is 29.2 Å². The molecule has 128 valence electrons. The number of nitro groups is 1. The molecule has 1 saturated heterocycles. The second-order valence-corrected chi connectivity index (χ2v) is 6.26. The van der Waals surface area contributed by atoms with Gasteiger partial charge in [-0.05, 0) is 18.6 Å². The fraction of sp³-hybridized carbons (Fsp3) is 0.176. The molecule has 1 heterocycles. The number of nitro benzene ring substituents is 1. The molecule has 0 aliphatic carbocycles. The third-order valence-electron chi connectivity index (χ3n) is 4.18. The molecule has 0 saturated carbocycles. The van der Waals surface area contributed by atoms with Crippen LogP contribution in [0.5, 0.6) is 0 Å². The van der Waals surface area contributed by atoms with E-state index in [1.54, 1.807) is 31.2 Å². The minimum absolute atomic E-state index is 0.0166. The van der Waals surface area contributed by atoms with Gasteiger partial charge in [0.2, 0.25) is 0 Å². The maximum Gasteiger partial charge on any atom is 0.325 e. The minimum atomic E-state index is -1.25. The smallest absolute Gasteiger partial charge is 0.319 e. The number of rotatable bonds is 4. The summed E-state index contributed by atoms with van der Waals surface area (Å²) in [6.07, 6.45) is 0. The van der Waals surface area contributed by atoms with Crippen molar-refractivity contribution < 1.29 is 14.5 Å². The van der Waals surface area contributed by atoms with Gasteiger partial charge in [0, 0.05) is 22.7 Å². The van der Waals surface area contributed by atoms with E-state index in [1.165, 1.54) is 24.3 Å². The first-order valence-electron chi connectivity index (χ1n) is 7.45. The summed E-state index contributed by atoms with van der Waals surface area (Å²) in [6.45, 7) is 1.62. The summed E-state index contributed by atoms with van der Waals surface area (Å²) in [5.74, 6) is -0.427. The maximum absolute atomic E-state index is 12.8. The lowest BCUT2D eigenvalue weighted by molar-refractivity contribution is -0.384. The van der Waals surface area contributed by atoms with E-state index in [0.717, 1.165) is 4.90 Å². The van der Waals surface area contributed by atoms with Gasteiger partial charge in [-0.25, -0.2) is 4.79 Å². The summed E-state index contributed by atoms with van der Waals surface area (Å²) in [6, 6.07) is 12.0. The van der Waals surface area contributed by atoms with E-state index in [1.807, 2.05) is 0 Å². The van der Waals surface area contributed by atoms with E-state index in [2.05, 4.69) is 5.32 Å². The van der Waals surface area contributed by atoms with Crippen molar-refractivity contribution in [3.63, 3.8) is 0 Å². The van der Waals surface area contributed by atoms with Crippen molar-refractivity contribution in [3.05, 3.63) is 74.8 Å². The molecule has 1 atom stereocenters. The van der Waals surface area contributed by atoms with Gasteiger partial charge in [-0.15, -0.1) is 0 Å². The number of imide groups is 1. The molecule has 0 spiro atoms. The first kappa shape index (κ1) is 16.9. The Hall–Kier alpha value is -2.93. The Labute approximate surface area is 148 Å². The molecule has 1 aliphatic rings. The van der Waals surface area contributed by atoms with Crippen LogP contribution in [-0.2, 0) is 16.9 Å². The zero-order valence-electron chi connectivity index (χ0n) is 13.2. The van der Waals surface area contributed by atoms with Gasteiger partial charge in [0.15, 0.2) is 0 Å². The van der Waals surface area contributed by atoms with E-state index in [4.69, 9.17) is 11.6 Å². The number of benzene rings is 2. The van der Waals surface area contributed by atoms with Gasteiger partial charge in [0.05, 0.1) is 11.5 Å². The number of amides is 3. The topological polar surface area (TPSA) is 92.6 Å². The van der Waals surface area contributed by atoms with Gasteiger partial charge < -0.3 is 5.32 Å². The van der Waals surface area contributed by atoms with Crippen LogP contribution in [-0.4, -0.2) is 21.8 Å². The molecule has 0 aromatic heterocycles. The third kappa shape index (κ3) is 2.94. The molecule has 25 heavy (non-hydrogen) atoms. The summed E-state index contributed by atoms with van der Waals surface area (Å²) >= 11 is 6.18. The standard InChI is InChI=1S/C17H14ClN3O4/c1-17(13-4-2-3-5-14(13)18)15(22)20(16(23)19-17)10-11-6-8-12(9-7-11)21(24)25/h2-9H,10H2,1H3,(H,19,23). The summed E-state index contributed by atoms with van der Waals surface area (Å²) in [4.78, 5) is 36.4. The molecule has 1 aliphatic heterocycles. The number of hydrogen-bond donors (Lipinski definition) is 1. The van der Waals surface area contributed by atoms with E-state index in [9.17, 15) is 19.7 Å². The summed E-state index contributed by atoms with van der Waals surface area (Å²) in [5.41, 5.74) is -0.184. The lowest BCUT2D eigenvalue weighted by Gasteiger charge is -2.23. The van der Waals surface area contributed by atoms with Crippen LogP contribution in [0.15, 0.2) is 48.5 Å². The van der Waals surface area contributed by atoms with E-state index in [0.29, 0.717) is 16.1 Å².